The standard InChI is InChI=1S/C7H4N3S2/c11-7-9-5(4-8-10-7)6-2-1-3-12-6/h1-4H. The van der Waals surface area contributed by atoms with Gasteiger partial charge in [0.15, 0.2) is 0 Å². The molecule has 12 heavy (non-hydrogen) atoms. The SMILES string of the molecule is [S]c1nncc(-c2cccs2)n1. The van der Waals surface area contributed by atoms with E-state index in [9.17, 15) is 0 Å². The summed E-state index contributed by atoms with van der Waals surface area (Å²) in [6.45, 7) is 0. The van der Waals surface area contributed by atoms with E-state index in [4.69, 9.17) is 12.6 Å². The van der Waals surface area contributed by atoms with Gasteiger partial charge in [-0.25, -0.2) is 4.98 Å². The monoisotopic (exact) mass is 194 g/mol. The maximum Gasteiger partial charge on any atom is 0.240 e. The summed E-state index contributed by atoms with van der Waals surface area (Å²) in [5, 5.41) is 9.62. The van der Waals surface area contributed by atoms with Gasteiger partial charge in [-0.1, -0.05) is 6.07 Å². The van der Waals surface area contributed by atoms with E-state index in [1.165, 1.54) is 0 Å². The zero-order chi connectivity index (χ0) is 8.39. The van der Waals surface area contributed by atoms with Gasteiger partial charge in [0.05, 0.1) is 11.1 Å². The van der Waals surface area contributed by atoms with Gasteiger partial charge >= 0.3 is 0 Å². The first-order chi connectivity index (χ1) is 5.86. The first-order valence-electron chi connectivity index (χ1n) is 3.27. The van der Waals surface area contributed by atoms with Crippen LogP contribution in [0.25, 0.3) is 10.6 Å². The smallest absolute Gasteiger partial charge is 0.214 e. The van der Waals surface area contributed by atoms with Gasteiger partial charge < -0.3 is 0 Å². The molecule has 1 radical (unpaired) electrons. The summed E-state index contributed by atoms with van der Waals surface area (Å²) in [5.74, 6) is 0. The van der Waals surface area contributed by atoms with Crippen LogP contribution in [-0.2, 0) is 0 Å². The topological polar surface area (TPSA) is 38.7 Å². The molecule has 2 aromatic rings. The molecule has 2 rings (SSSR count). The number of rotatable bonds is 1. The predicted octanol–water partition coefficient (Wildman–Crippen LogP) is 2.16. The van der Waals surface area contributed by atoms with Crippen LogP contribution in [0.1, 0.15) is 0 Å². The number of hydrogen-bond donors (Lipinski definition) is 0. The van der Waals surface area contributed by atoms with Gasteiger partial charge in [0.2, 0.25) is 5.16 Å². The van der Waals surface area contributed by atoms with Crippen LogP contribution >= 0.6 is 24.0 Å². The third kappa shape index (κ3) is 1.41. The summed E-state index contributed by atoms with van der Waals surface area (Å²) < 4.78 is 0. The molecule has 0 aliphatic heterocycles. The highest BCUT2D eigenvalue weighted by atomic mass is 32.1. The molecule has 0 atom stereocenters. The molecule has 0 spiro atoms. The second-order valence-corrected chi connectivity index (χ2v) is 3.41. The van der Waals surface area contributed by atoms with Crippen LogP contribution in [0, 0.1) is 0 Å². The lowest BCUT2D eigenvalue weighted by Gasteiger charge is -1.93. The highest BCUT2D eigenvalue weighted by molar-refractivity contribution is 7.80. The summed E-state index contributed by atoms with van der Waals surface area (Å²) >= 11 is 6.40. The minimum Gasteiger partial charge on any atom is -0.214 e. The van der Waals surface area contributed by atoms with Crippen molar-refractivity contribution < 1.29 is 0 Å². The molecule has 0 amide bonds. The van der Waals surface area contributed by atoms with Crippen LogP contribution < -0.4 is 0 Å². The number of thiophene rings is 1. The van der Waals surface area contributed by atoms with Crippen LogP contribution in [0.3, 0.4) is 0 Å². The Balaban J connectivity index is 2.48. The zero-order valence-electron chi connectivity index (χ0n) is 5.97. The molecule has 3 nitrogen and oxygen atoms in total. The minimum absolute atomic E-state index is 0.293. The van der Waals surface area contributed by atoms with E-state index in [2.05, 4.69) is 15.2 Å². The summed E-state index contributed by atoms with van der Waals surface area (Å²) in [6.07, 6.45) is 1.61. The largest absolute Gasteiger partial charge is 0.240 e. The van der Waals surface area contributed by atoms with Gasteiger partial charge in [0, 0.05) is 0 Å². The maximum absolute atomic E-state index is 4.79. The molecule has 59 valence electrons. The summed E-state index contributed by atoms with van der Waals surface area (Å²) in [6, 6.07) is 3.94. The van der Waals surface area contributed by atoms with E-state index in [1.54, 1.807) is 17.5 Å². The van der Waals surface area contributed by atoms with Gasteiger partial charge in [-0.2, -0.15) is 5.10 Å². The molecule has 2 heterocycles. The van der Waals surface area contributed by atoms with Crippen molar-refractivity contribution in [3.8, 4) is 10.6 Å². The lowest BCUT2D eigenvalue weighted by atomic mass is 10.4. The second kappa shape index (κ2) is 3.12. The molecule has 0 saturated heterocycles. The van der Waals surface area contributed by atoms with Crippen LogP contribution in [0.2, 0.25) is 0 Å². The maximum atomic E-state index is 4.79. The fourth-order valence-corrected chi connectivity index (χ4v) is 1.66. The molecular weight excluding hydrogens is 190 g/mol. The molecule has 5 heteroatoms. The summed E-state index contributed by atoms with van der Waals surface area (Å²) in [7, 11) is 0. The Kier molecular flexibility index (Phi) is 1.97. The molecule has 2 aromatic heterocycles. The van der Waals surface area contributed by atoms with Crippen molar-refractivity contribution in [2.75, 3.05) is 0 Å². The van der Waals surface area contributed by atoms with Gasteiger partial charge in [0.1, 0.15) is 5.69 Å². The van der Waals surface area contributed by atoms with Gasteiger partial charge in [-0.15, -0.1) is 16.4 Å². The molecular formula is C7H4N3S2. The molecule has 0 bridgehead atoms. The Labute approximate surface area is 78.9 Å². The van der Waals surface area contributed by atoms with Crippen molar-refractivity contribution in [2.24, 2.45) is 0 Å². The predicted molar refractivity (Wildman–Crippen MR) is 49.0 cm³/mol. The quantitative estimate of drug-likeness (QED) is 0.698. The third-order valence-corrected chi connectivity index (χ3v) is 2.38. The number of hydrogen-bond acceptors (Lipinski definition) is 4. The highest BCUT2D eigenvalue weighted by Crippen LogP contribution is 2.21. The molecule has 0 aliphatic rings. The lowest BCUT2D eigenvalue weighted by Crippen LogP contribution is -1.88. The van der Waals surface area contributed by atoms with E-state index in [1.807, 2.05) is 17.5 Å². The molecule has 0 aliphatic carbocycles. The lowest BCUT2D eigenvalue weighted by molar-refractivity contribution is 0.849. The zero-order valence-corrected chi connectivity index (χ0v) is 7.60. The van der Waals surface area contributed by atoms with Crippen LogP contribution in [-0.4, -0.2) is 15.2 Å². The highest BCUT2D eigenvalue weighted by Gasteiger charge is 2.01. The number of aromatic nitrogens is 3. The van der Waals surface area contributed by atoms with Crippen molar-refractivity contribution in [1.29, 1.82) is 0 Å². The van der Waals surface area contributed by atoms with Crippen LogP contribution in [0.5, 0.6) is 0 Å². The Morgan fingerprint density at radius 2 is 2.33 bits per heavy atom. The Morgan fingerprint density at radius 1 is 1.42 bits per heavy atom. The second-order valence-electron chi connectivity index (χ2n) is 2.10. The Bertz CT molecular complexity index is 372. The van der Waals surface area contributed by atoms with Crippen molar-refractivity contribution >= 4 is 24.0 Å². The van der Waals surface area contributed by atoms with Crippen LogP contribution in [0.4, 0.5) is 0 Å². The van der Waals surface area contributed by atoms with E-state index < -0.39 is 0 Å². The first-order valence-corrected chi connectivity index (χ1v) is 4.55. The van der Waals surface area contributed by atoms with Crippen molar-refractivity contribution in [3.63, 3.8) is 0 Å². The molecule has 0 saturated carbocycles. The van der Waals surface area contributed by atoms with Gasteiger partial charge in [0.25, 0.3) is 0 Å². The van der Waals surface area contributed by atoms with Gasteiger partial charge in [-0.05, 0) is 24.1 Å². The fourth-order valence-electron chi connectivity index (χ4n) is 0.830. The van der Waals surface area contributed by atoms with E-state index >= 15 is 0 Å². The van der Waals surface area contributed by atoms with E-state index in [0.717, 1.165) is 10.6 Å². The minimum atomic E-state index is 0.293. The number of nitrogens with zero attached hydrogens (tertiary/aromatic N) is 3. The molecule has 0 N–H and O–H groups in total. The van der Waals surface area contributed by atoms with Gasteiger partial charge in [-0.3, -0.25) is 0 Å². The Morgan fingerprint density at radius 3 is 3.00 bits per heavy atom. The fraction of sp³-hybridized carbons (Fsp3) is 0. The first kappa shape index (κ1) is 7.57. The molecule has 0 unspecified atom stereocenters. The van der Waals surface area contributed by atoms with Crippen molar-refractivity contribution in [1.82, 2.24) is 15.2 Å². The van der Waals surface area contributed by atoms with Crippen molar-refractivity contribution in [3.05, 3.63) is 23.7 Å². The average Bonchev–Trinajstić information content (AvgIpc) is 2.56. The van der Waals surface area contributed by atoms with E-state index in [0.29, 0.717) is 5.16 Å². The van der Waals surface area contributed by atoms with E-state index in [-0.39, 0.29) is 0 Å². The summed E-state index contributed by atoms with van der Waals surface area (Å²) in [4.78, 5) is 5.13. The molecule has 0 aromatic carbocycles. The average molecular weight is 194 g/mol. The van der Waals surface area contributed by atoms with Crippen LogP contribution in [0.15, 0.2) is 28.9 Å². The third-order valence-electron chi connectivity index (χ3n) is 1.31. The summed E-state index contributed by atoms with van der Waals surface area (Å²) in [5.41, 5.74) is 0.796. The van der Waals surface area contributed by atoms with Crippen molar-refractivity contribution in [2.45, 2.75) is 5.16 Å². The Hall–Kier alpha value is -1.07. The normalized spacial score (nSPS) is 10.0. The molecule has 0 fully saturated rings.